The number of aryl methyl sites for hydroxylation is 1. The van der Waals surface area contributed by atoms with Crippen LogP contribution in [0.5, 0.6) is 5.75 Å². The van der Waals surface area contributed by atoms with Gasteiger partial charge in [-0.3, -0.25) is 4.79 Å². The van der Waals surface area contributed by atoms with Crippen LogP contribution in [0.1, 0.15) is 5.69 Å². The number of hydrogen-bond donors (Lipinski definition) is 1. The summed E-state index contributed by atoms with van der Waals surface area (Å²) >= 11 is 2.81. The second-order valence-corrected chi connectivity index (χ2v) is 7.14. The molecule has 0 fully saturated rings. The predicted molar refractivity (Wildman–Crippen MR) is 99.8 cm³/mol. The third-order valence-electron chi connectivity index (χ3n) is 3.37. The molecule has 1 amide bonds. The number of carbonyl (C=O) groups excluding carboxylic acids is 1. The van der Waals surface area contributed by atoms with E-state index < -0.39 is 0 Å². The first kappa shape index (κ1) is 17.4. The molecule has 0 aliphatic carbocycles. The lowest BCUT2D eigenvalue weighted by Gasteiger charge is -2.04. The Kier molecular flexibility index (Phi) is 5.30. The summed E-state index contributed by atoms with van der Waals surface area (Å²) in [5, 5.41) is 9.93. The van der Waals surface area contributed by atoms with Crippen molar-refractivity contribution in [2.75, 3.05) is 12.9 Å². The molecular formula is C17H16N4O2S2. The van der Waals surface area contributed by atoms with Crippen molar-refractivity contribution in [2.45, 2.75) is 11.9 Å². The first-order valence-electron chi connectivity index (χ1n) is 7.44. The Hall–Kier alpha value is -2.45. The maximum absolute atomic E-state index is 10.8. The fraction of sp³-hybridized carbons (Fsp3) is 0.176. The highest BCUT2D eigenvalue weighted by Gasteiger charge is 2.15. The van der Waals surface area contributed by atoms with Gasteiger partial charge in [-0.15, -0.1) is 21.5 Å². The lowest BCUT2D eigenvalue weighted by atomic mass is 10.2. The molecule has 2 heterocycles. The largest absolute Gasteiger partial charge is 0.496 e. The van der Waals surface area contributed by atoms with Crippen molar-refractivity contribution in [3.63, 3.8) is 0 Å². The molecule has 8 heteroatoms. The predicted octanol–water partition coefficient (Wildman–Crippen LogP) is 3.16. The molecule has 0 radical (unpaired) electrons. The van der Waals surface area contributed by atoms with Crippen LogP contribution in [0.3, 0.4) is 0 Å². The van der Waals surface area contributed by atoms with Gasteiger partial charge in [-0.1, -0.05) is 23.9 Å². The van der Waals surface area contributed by atoms with Crippen molar-refractivity contribution in [1.82, 2.24) is 15.2 Å². The minimum atomic E-state index is -0.379. The topological polar surface area (TPSA) is 91.0 Å². The number of nitrogens with two attached hydrogens (primary N) is 1. The zero-order valence-corrected chi connectivity index (χ0v) is 15.4. The van der Waals surface area contributed by atoms with Crippen LogP contribution in [0.2, 0.25) is 0 Å². The summed E-state index contributed by atoms with van der Waals surface area (Å²) < 4.78 is 5.41. The van der Waals surface area contributed by atoms with Crippen LogP contribution in [0, 0.1) is 6.92 Å². The van der Waals surface area contributed by atoms with E-state index >= 15 is 0 Å². The zero-order valence-electron chi connectivity index (χ0n) is 13.7. The third kappa shape index (κ3) is 3.97. The van der Waals surface area contributed by atoms with Crippen molar-refractivity contribution in [2.24, 2.45) is 5.73 Å². The first-order chi connectivity index (χ1) is 12.1. The number of primary amides is 1. The average molecular weight is 372 g/mol. The minimum absolute atomic E-state index is 0.186. The third-order valence-corrected chi connectivity index (χ3v) is 5.52. The number of methoxy groups -OCH3 is 1. The van der Waals surface area contributed by atoms with E-state index in [0.717, 1.165) is 32.6 Å². The monoisotopic (exact) mass is 372 g/mol. The van der Waals surface area contributed by atoms with Crippen LogP contribution >= 0.6 is 23.1 Å². The summed E-state index contributed by atoms with van der Waals surface area (Å²) in [7, 11) is 1.65. The Morgan fingerprint density at radius 1 is 1.24 bits per heavy atom. The lowest BCUT2D eigenvalue weighted by molar-refractivity contribution is -0.115. The number of amides is 1. The molecule has 0 saturated heterocycles. The Bertz CT molecular complexity index is 894. The number of rotatable bonds is 6. The number of para-hydroxylation sites is 1. The number of thiazole rings is 1. The van der Waals surface area contributed by atoms with Gasteiger partial charge in [0.05, 0.1) is 29.0 Å². The van der Waals surface area contributed by atoms with Crippen LogP contribution in [-0.2, 0) is 4.79 Å². The van der Waals surface area contributed by atoms with E-state index in [1.54, 1.807) is 18.4 Å². The highest BCUT2D eigenvalue weighted by molar-refractivity contribution is 7.99. The van der Waals surface area contributed by atoms with E-state index in [0.29, 0.717) is 5.03 Å². The van der Waals surface area contributed by atoms with Crippen LogP contribution < -0.4 is 10.5 Å². The highest BCUT2D eigenvalue weighted by atomic mass is 32.2. The van der Waals surface area contributed by atoms with Crippen molar-refractivity contribution in [1.29, 1.82) is 0 Å². The quantitative estimate of drug-likeness (QED) is 0.668. The molecule has 0 aliphatic heterocycles. The zero-order chi connectivity index (χ0) is 17.8. The molecule has 0 atom stereocenters. The average Bonchev–Trinajstić information content (AvgIpc) is 3.02. The Morgan fingerprint density at radius 2 is 2.04 bits per heavy atom. The second-order valence-electron chi connectivity index (χ2n) is 5.15. The maximum atomic E-state index is 10.8. The van der Waals surface area contributed by atoms with Crippen LogP contribution in [-0.4, -0.2) is 34.0 Å². The number of hydrogen-bond acceptors (Lipinski definition) is 7. The van der Waals surface area contributed by atoms with E-state index in [4.69, 9.17) is 10.5 Å². The molecule has 128 valence electrons. The van der Waals surface area contributed by atoms with E-state index in [1.807, 2.05) is 43.3 Å². The van der Waals surface area contributed by atoms with Gasteiger partial charge in [0.1, 0.15) is 21.5 Å². The van der Waals surface area contributed by atoms with Gasteiger partial charge < -0.3 is 10.5 Å². The van der Waals surface area contributed by atoms with Gasteiger partial charge in [0.15, 0.2) is 0 Å². The number of carbonyl (C=O) groups is 1. The molecule has 6 nitrogen and oxygen atoms in total. The van der Waals surface area contributed by atoms with E-state index in [1.165, 1.54) is 11.8 Å². The summed E-state index contributed by atoms with van der Waals surface area (Å²) in [6, 6.07) is 11.5. The molecule has 0 saturated carbocycles. The molecule has 0 aliphatic rings. The minimum Gasteiger partial charge on any atom is -0.496 e. The fourth-order valence-corrected chi connectivity index (χ4v) is 3.85. The Morgan fingerprint density at radius 3 is 2.72 bits per heavy atom. The SMILES string of the molecule is COc1ccccc1-c1nc(C)c(-c2ccc(SCC(N)=O)nn2)s1. The summed E-state index contributed by atoms with van der Waals surface area (Å²) in [4.78, 5) is 16.4. The summed E-state index contributed by atoms with van der Waals surface area (Å²) in [6.45, 7) is 1.95. The van der Waals surface area contributed by atoms with Crippen molar-refractivity contribution in [3.8, 4) is 26.9 Å². The number of aromatic nitrogens is 3. The lowest BCUT2D eigenvalue weighted by Crippen LogP contribution is -2.13. The fourth-order valence-electron chi connectivity index (χ4n) is 2.23. The Labute approximate surface area is 153 Å². The second kappa shape index (κ2) is 7.62. The molecule has 1 aromatic carbocycles. The van der Waals surface area contributed by atoms with Gasteiger partial charge in [0, 0.05) is 0 Å². The van der Waals surface area contributed by atoms with Crippen LogP contribution in [0.15, 0.2) is 41.4 Å². The van der Waals surface area contributed by atoms with Crippen LogP contribution in [0.4, 0.5) is 0 Å². The standard InChI is InChI=1S/C17H16N4O2S2/c1-10-16(12-7-8-15(21-20-12)24-9-14(18)22)25-17(19-10)11-5-3-4-6-13(11)23-2/h3-8H,9H2,1-2H3,(H2,18,22). The highest BCUT2D eigenvalue weighted by Crippen LogP contribution is 2.38. The molecule has 3 rings (SSSR count). The van der Waals surface area contributed by atoms with Gasteiger partial charge in [-0.25, -0.2) is 4.98 Å². The molecule has 2 N–H and O–H groups in total. The van der Waals surface area contributed by atoms with Gasteiger partial charge in [0.2, 0.25) is 5.91 Å². The van der Waals surface area contributed by atoms with Gasteiger partial charge in [0.25, 0.3) is 0 Å². The van der Waals surface area contributed by atoms with Gasteiger partial charge >= 0.3 is 0 Å². The summed E-state index contributed by atoms with van der Waals surface area (Å²) in [6.07, 6.45) is 0. The molecule has 0 spiro atoms. The molecule has 0 bridgehead atoms. The molecule has 2 aromatic heterocycles. The smallest absolute Gasteiger partial charge is 0.227 e. The number of ether oxygens (including phenoxy) is 1. The number of benzene rings is 1. The molecule has 0 unspecified atom stereocenters. The number of nitrogens with zero attached hydrogens (tertiary/aromatic N) is 3. The van der Waals surface area contributed by atoms with E-state index in [2.05, 4.69) is 15.2 Å². The van der Waals surface area contributed by atoms with Crippen molar-refractivity contribution >= 4 is 29.0 Å². The first-order valence-corrected chi connectivity index (χ1v) is 9.24. The molecule has 25 heavy (non-hydrogen) atoms. The van der Waals surface area contributed by atoms with E-state index in [9.17, 15) is 4.79 Å². The van der Waals surface area contributed by atoms with Crippen molar-refractivity contribution < 1.29 is 9.53 Å². The number of thioether (sulfide) groups is 1. The summed E-state index contributed by atoms with van der Waals surface area (Å²) in [5.41, 5.74) is 7.72. The van der Waals surface area contributed by atoms with Crippen molar-refractivity contribution in [3.05, 3.63) is 42.1 Å². The molecule has 3 aromatic rings. The normalized spacial score (nSPS) is 10.6. The molecular weight excluding hydrogens is 356 g/mol. The van der Waals surface area contributed by atoms with Crippen LogP contribution in [0.25, 0.3) is 21.1 Å². The Balaban J connectivity index is 1.89. The van der Waals surface area contributed by atoms with E-state index in [-0.39, 0.29) is 11.7 Å². The summed E-state index contributed by atoms with van der Waals surface area (Å²) in [5.74, 6) is 0.591. The van der Waals surface area contributed by atoms with Gasteiger partial charge in [-0.05, 0) is 31.2 Å². The maximum Gasteiger partial charge on any atom is 0.227 e. The van der Waals surface area contributed by atoms with Gasteiger partial charge in [-0.2, -0.15) is 0 Å².